The van der Waals surface area contributed by atoms with E-state index in [1.54, 1.807) is 12.4 Å². The lowest BCUT2D eigenvalue weighted by atomic mass is 10.2. The van der Waals surface area contributed by atoms with E-state index in [1.165, 1.54) is 0 Å². The fourth-order valence-corrected chi connectivity index (χ4v) is 3.74. The van der Waals surface area contributed by atoms with Gasteiger partial charge in [0.05, 0.1) is 29.8 Å². The lowest BCUT2D eigenvalue weighted by molar-refractivity contribution is 0.122. The minimum Gasteiger partial charge on any atom is -0.378 e. The number of hydrogen-bond donors (Lipinski definition) is 1. The van der Waals surface area contributed by atoms with Gasteiger partial charge < -0.3 is 15.4 Å². The van der Waals surface area contributed by atoms with Gasteiger partial charge in [-0.05, 0) is 18.6 Å². The van der Waals surface area contributed by atoms with E-state index in [0.29, 0.717) is 49.6 Å². The number of ether oxygens (including phenoxy) is 1. The van der Waals surface area contributed by atoms with Crippen molar-refractivity contribution < 1.29 is 4.74 Å². The molecule has 164 valence electrons. The Balaban J connectivity index is 1.69. The zero-order valence-electron chi connectivity index (χ0n) is 18.0. The smallest absolute Gasteiger partial charge is 0.241 e. The van der Waals surface area contributed by atoms with Crippen molar-refractivity contribution in [1.82, 2.24) is 34.5 Å². The highest BCUT2D eigenvalue weighted by Crippen LogP contribution is 2.24. The number of fused-ring (bicyclic) bond motifs is 1. The Morgan fingerprint density at radius 1 is 0.969 bits per heavy atom. The molecule has 5 rings (SSSR count). The summed E-state index contributed by atoms with van der Waals surface area (Å²) in [5.41, 5.74) is 8.25. The van der Waals surface area contributed by atoms with Crippen LogP contribution in [0.5, 0.6) is 0 Å². The lowest BCUT2D eigenvalue weighted by Gasteiger charge is -2.27. The maximum atomic E-state index is 5.68. The third kappa shape index (κ3) is 3.96. The first kappa shape index (κ1) is 20.3. The van der Waals surface area contributed by atoms with Crippen LogP contribution in [0, 0.1) is 0 Å². The van der Waals surface area contributed by atoms with Gasteiger partial charge >= 0.3 is 0 Å². The monoisotopic (exact) mass is 431 g/mol. The van der Waals surface area contributed by atoms with Crippen LogP contribution in [0.3, 0.4) is 0 Å². The molecule has 10 heteroatoms. The van der Waals surface area contributed by atoms with Crippen molar-refractivity contribution in [3.63, 3.8) is 0 Å². The molecule has 0 radical (unpaired) electrons. The molecule has 1 aromatic carbocycles. The van der Waals surface area contributed by atoms with Gasteiger partial charge in [-0.15, -0.1) is 0 Å². The molecule has 0 bridgehead atoms. The van der Waals surface area contributed by atoms with Gasteiger partial charge in [-0.1, -0.05) is 25.5 Å². The Morgan fingerprint density at radius 3 is 2.50 bits per heavy atom. The summed E-state index contributed by atoms with van der Waals surface area (Å²) in [5.74, 6) is 2.78. The van der Waals surface area contributed by atoms with Gasteiger partial charge in [0.25, 0.3) is 0 Å². The lowest BCUT2D eigenvalue weighted by Crippen LogP contribution is -2.37. The highest BCUT2D eigenvalue weighted by molar-refractivity contribution is 5.77. The topological polar surface area (TPSA) is 121 Å². The van der Waals surface area contributed by atoms with Gasteiger partial charge in [0, 0.05) is 31.9 Å². The number of rotatable bonds is 6. The van der Waals surface area contributed by atoms with Crippen molar-refractivity contribution in [2.75, 3.05) is 36.9 Å². The average Bonchev–Trinajstić information content (AvgIpc) is 3.22. The summed E-state index contributed by atoms with van der Waals surface area (Å²) in [7, 11) is 0. The Kier molecular flexibility index (Phi) is 5.59. The maximum absolute atomic E-state index is 5.68. The first-order valence-corrected chi connectivity index (χ1v) is 10.9. The van der Waals surface area contributed by atoms with Gasteiger partial charge in [0.15, 0.2) is 5.82 Å². The third-order valence-electron chi connectivity index (χ3n) is 5.42. The van der Waals surface area contributed by atoms with Crippen LogP contribution in [-0.4, -0.2) is 60.8 Å². The SMILES string of the molecule is CCCCc1nc2ccccc2n1-c1nc(-c2cnc(N)nc2)nc(N2CCOCC2)n1. The van der Waals surface area contributed by atoms with Crippen molar-refractivity contribution in [3.8, 4) is 17.3 Å². The van der Waals surface area contributed by atoms with Crippen LogP contribution in [0.15, 0.2) is 36.7 Å². The Labute approximate surface area is 185 Å². The van der Waals surface area contributed by atoms with E-state index >= 15 is 0 Å². The average molecular weight is 432 g/mol. The van der Waals surface area contributed by atoms with E-state index in [-0.39, 0.29) is 5.95 Å². The van der Waals surface area contributed by atoms with Crippen molar-refractivity contribution in [2.24, 2.45) is 0 Å². The number of benzene rings is 1. The van der Waals surface area contributed by atoms with Gasteiger partial charge in [0.1, 0.15) is 5.82 Å². The second-order valence-electron chi connectivity index (χ2n) is 7.64. The summed E-state index contributed by atoms with van der Waals surface area (Å²) < 4.78 is 7.55. The third-order valence-corrected chi connectivity index (χ3v) is 5.42. The number of imidazole rings is 1. The molecule has 0 atom stereocenters. The number of hydrogen-bond acceptors (Lipinski definition) is 9. The number of nitrogens with zero attached hydrogens (tertiary/aromatic N) is 8. The summed E-state index contributed by atoms with van der Waals surface area (Å²) in [6.07, 6.45) is 6.21. The summed E-state index contributed by atoms with van der Waals surface area (Å²) in [6, 6.07) is 8.05. The minimum atomic E-state index is 0.207. The molecule has 1 saturated heterocycles. The summed E-state index contributed by atoms with van der Waals surface area (Å²) >= 11 is 0. The second kappa shape index (κ2) is 8.83. The van der Waals surface area contributed by atoms with Gasteiger partial charge in [-0.3, -0.25) is 4.57 Å². The van der Waals surface area contributed by atoms with Gasteiger partial charge in [-0.2, -0.15) is 15.0 Å². The first-order chi connectivity index (χ1) is 15.7. The van der Waals surface area contributed by atoms with Gasteiger partial charge in [-0.25, -0.2) is 15.0 Å². The molecule has 0 spiro atoms. The maximum Gasteiger partial charge on any atom is 0.241 e. The van der Waals surface area contributed by atoms with E-state index < -0.39 is 0 Å². The zero-order valence-corrected chi connectivity index (χ0v) is 18.0. The number of nitrogens with two attached hydrogens (primary N) is 1. The normalized spacial score (nSPS) is 14.2. The number of anilines is 2. The van der Waals surface area contributed by atoms with Crippen molar-refractivity contribution >= 4 is 22.9 Å². The minimum absolute atomic E-state index is 0.207. The molecule has 0 aliphatic carbocycles. The predicted molar refractivity (Wildman–Crippen MR) is 122 cm³/mol. The molecule has 0 amide bonds. The van der Waals surface area contributed by atoms with Crippen molar-refractivity contribution in [1.29, 1.82) is 0 Å². The molecule has 1 aliphatic heterocycles. The Bertz CT molecular complexity index is 1220. The molecular formula is C22H25N9O. The highest BCUT2D eigenvalue weighted by atomic mass is 16.5. The molecule has 2 N–H and O–H groups in total. The fourth-order valence-electron chi connectivity index (χ4n) is 3.74. The summed E-state index contributed by atoms with van der Waals surface area (Å²) in [4.78, 5) is 29.6. The van der Waals surface area contributed by atoms with E-state index in [4.69, 9.17) is 30.4 Å². The number of aryl methyl sites for hydroxylation is 1. The summed E-state index contributed by atoms with van der Waals surface area (Å²) in [5, 5.41) is 0. The quantitative estimate of drug-likeness (QED) is 0.490. The van der Waals surface area contributed by atoms with Crippen molar-refractivity contribution in [2.45, 2.75) is 26.2 Å². The zero-order chi connectivity index (χ0) is 21.9. The van der Waals surface area contributed by atoms with E-state index in [0.717, 1.165) is 36.1 Å². The van der Waals surface area contributed by atoms with E-state index in [9.17, 15) is 0 Å². The summed E-state index contributed by atoms with van der Waals surface area (Å²) in [6.45, 7) is 4.88. The molecule has 1 fully saturated rings. The van der Waals surface area contributed by atoms with Crippen LogP contribution in [-0.2, 0) is 11.2 Å². The number of aromatic nitrogens is 7. The number of morpholine rings is 1. The second-order valence-corrected chi connectivity index (χ2v) is 7.64. The van der Waals surface area contributed by atoms with E-state index in [1.807, 2.05) is 28.8 Å². The number of para-hydroxylation sites is 2. The standard InChI is InChI=1S/C22H25N9O/c1-2-3-8-18-26-16-6-4-5-7-17(16)31(18)22-28-19(15-13-24-20(23)25-14-15)27-21(29-22)30-9-11-32-12-10-30/h4-7,13-14H,2-3,8-12H2,1H3,(H2,23,24,25). The fraction of sp³-hybridized carbons (Fsp3) is 0.364. The van der Waals surface area contributed by atoms with Crippen molar-refractivity contribution in [3.05, 3.63) is 42.5 Å². The Morgan fingerprint density at radius 2 is 1.72 bits per heavy atom. The molecule has 1 aliphatic rings. The molecule has 0 unspecified atom stereocenters. The van der Waals surface area contributed by atoms with Crippen LogP contribution in [0.2, 0.25) is 0 Å². The van der Waals surface area contributed by atoms with E-state index in [2.05, 4.69) is 21.8 Å². The molecule has 0 saturated carbocycles. The van der Waals surface area contributed by atoms with Crippen LogP contribution in [0.25, 0.3) is 28.4 Å². The van der Waals surface area contributed by atoms with Gasteiger partial charge in [0.2, 0.25) is 17.8 Å². The van der Waals surface area contributed by atoms with Crippen LogP contribution < -0.4 is 10.6 Å². The van der Waals surface area contributed by atoms with Crippen LogP contribution in [0.4, 0.5) is 11.9 Å². The molecule has 4 aromatic rings. The van der Waals surface area contributed by atoms with Crippen LogP contribution >= 0.6 is 0 Å². The largest absolute Gasteiger partial charge is 0.378 e. The molecule has 10 nitrogen and oxygen atoms in total. The molecule has 4 heterocycles. The molecule has 3 aromatic heterocycles. The number of unbranched alkanes of at least 4 members (excludes halogenated alkanes) is 1. The number of nitrogen functional groups attached to an aromatic ring is 1. The Hall–Kier alpha value is -3.66. The first-order valence-electron chi connectivity index (χ1n) is 10.9. The predicted octanol–water partition coefficient (Wildman–Crippen LogP) is 2.43. The van der Waals surface area contributed by atoms with Crippen LogP contribution in [0.1, 0.15) is 25.6 Å². The molecule has 32 heavy (non-hydrogen) atoms. The highest BCUT2D eigenvalue weighted by Gasteiger charge is 2.21. The molecular weight excluding hydrogens is 406 g/mol.